The molecule has 78 valence electrons. The smallest absolute Gasteiger partial charge is 0.176 e. The van der Waals surface area contributed by atoms with E-state index in [9.17, 15) is 8.42 Å². The standard InChI is InChI=1S/C9H12ClNO2S/c1-6-5-11-8(4-10)7(2)9(6)14(3,12)13/h5H,4H2,1-3H3. The van der Waals surface area contributed by atoms with Gasteiger partial charge in [-0.3, -0.25) is 4.98 Å². The summed E-state index contributed by atoms with van der Waals surface area (Å²) < 4.78 is 22.9. The zero-order chi connectivity index (χ0) is 10.9. The number of aryl methyl sites for hydroxylation is 1. The third-order valence-electron chi connectivity index (χ3n) is 2.04. The molecule has 0 aliphatic carbocycles. The van der Waals surface area contributed by atoms with Crippen LogP contribution in [0.15, 0.2) is 11.1 Å². The van der Waals surface area contributed by atoms with Gasteiger partial charge in [-0.25, -0.2) is 8.42 Å². The molecule has 0 bridgehead atoms. The Balaban J connectivity index is 3.57. The maximum atomic E-state index is 11.5. The zero-order valence-corrected chi connectivity index (χ0v) is 9.91. The first-order valence-electron chi connectivity index (χ1n) is 4.09. The van der Waals surface area contributed by atoms with E-state index in [1.807, 2.05) is 0 Å². The minimum absolute atomic E-state index is 0.231. The van der Waals surface area contributed by atoms with Crippen LogP contribution in [0.25, 0.3) is 0 Å². The van der Waals surface area contributed by atoms with Crippen molar-refractivity contribution in [1.29, 1.82) is 0 Å². The summed E-state index contributed by atoms with van der Waals surface area (Å²) in [7, 11) is -3.20. The molecule has 0 amide bonds. The number of pyridine rings is 1. The number of nitrogens with zero attached hydrogens (tertiary/aromatic N) is 1. The van der Waals surface area contributed by atoms with Gasteiger partial charge in [0.2, 0.25) is 0 Å². The second-order valence-corrected chi connectivity index (χ2v) is 5.47. The second-order valence-electron chi connectivity index (χ2n) is 3.25. The molecule has 0 N–H and O–H groups in total. The third-order valence-corrected chi connectivity index (χ3v) is 3.67. The van der Waals surface area contributed by atoms with E-state index in [2.05, 4.69) is 4.98 Å². The highest BCUT2D eigenvalue weighted by molar-refractivity contribution is 7.90. The van der Waals surface area contributed by atoms with E-state index in [0.717, 1.165) is 0 Å². The lowest BCUT2D eigenvalue weighted by Gasteiger charge is -2.09. The fourth-order valence-electron chi connectivity index (χ4n) is 1.46. The van der Waals surface area contributed by atoms with E-state index in [1.165, 1.54) is 6.26 Å². The second kappa shape index (κ2) is 3.87. The van der Waals surface area contributed by atoms with Crippen molar-refractivity contribution in [3.63, 3.8) is 0 Å². The molecule has 14 heavy (non-hydrogen) atoms. The van der Waals surface area contributed by atoms with Gasteiger partial charge < -0.3 is 0 Å². The number of hydrogen-bond donors (Lipinski definition) is 0. The molecule has 0 fully saturated rings. The largest absolute Gasteiger partial charge is 0.259 e. The minimum Gasteiger partial charge on any atom is -0.259 e. The first-order valence-corrected chi connectivity index (χ1v) is 6.51. The predicted molar refractivity (Wildman–Crippen MR) is 56.4 cm³/mol. The average Bonchev–Trinajstić information content (AvgIpc) is 2.02. The van der Waals surface area contributed by atoms with Crippen LogP contribution in [0.1, 0.15) is 16.8 Å². The Bertz CT molecular complexity index is 454. The van der Waals surface area contributed by atoms with E-state index in [-0.39, 0.29) is 5.88 Å². The molecule has 0 saturated carbocycles. The van der Waals surface area contributed by atoms with Gasteiger partial charge >= 0.3 is 0 Å². The Morgan fingerprint density at radius 3 is 2.43 bits per heavy atom. The van der Waals surface area contributed by atoms with Gasteiger partial charge in [0.05, 0.1) is 16.5 Å². The summed E-state index contributed by atoms with van der Waals surface area (Å²) >= 11 is 5.65. The van der Waals surface area contributed by atoms with Gasteiger partial charge in [0.15, 0.2) is 9.84 Å². The SMILES string of the molecule is Cc1cnc(CCl)c(C)c1S(C)(=O)=O. The van der Waals surface area contributed by atoms with Crippen LogP contribution in [-0.2, 0) is 15.7 Å². The zero-order valence-electron chi connectivity index (χ0n) is 8.33. The van der Waals surface area contributed by atoms with Crippen molar-refractivity contribution in [2.24, 2.45) is 0 Å². The normalized spacial score (nSPS) is 11.7. The molecule has 1 aromatic rings. The molecule has 0 aliphatic rings. The van der Waals surface area contributed by atoms with Crippen LogP contribution in [0, 0.1) is 13.8 Å². The summed E-state index contributed by atoms with van der Waals surface area (Å²) in [5.74, 6) is 0.231. The summed E-state index contributed by atoms with van der Waals surface area (Å²) in [6.07, 6.45) is 2.74. The number of rotatable bonds is 2. The average molecular weight is 234 g/mol. The van der Waals surface area contributed by atoms with Crippen molar-refractivity contribution in [2.75, 3.05) is 6.26 Å². The molecule has 0 unspecified atom stereocenters. The quantitative estimate of drug-likeness (QED) is 0.733. The first kappa shape index (κ1) is 11.5. The summed E-state index contributed by atoms with van der Waals surface area (Å²) in [6, 6.07) is 0. The van der Waals surface area contributed by atoms with E-state index < -0.39 is 9.84 Å². The van der Waals surface area contributed by atoms with Gasteiger partial charge in [-0.05, 0) is 25.0 Å². The monoisotopic (exact) mass is 233 g/mol. The number of alkyl halides is 1. The van der Waals surface area contributed by atoms with Crippen LogP contribution in [0.5, 0.6) is 0 Å². The maximum absolute atomic E-state index is 11.5. The number of halogens is 1. The summed E-state index contributed by atoms with van der Waals surface area (Å²) in [5, 5.41) is 0. The van der Waals surface area contributed by atoms with Crippen molar-refractivity contribution in [2.45, 2.75) is 24.6 Å². The molecule has 0 saturated heterocycles. The molecule has 1 heterocycles. The van der Waals surface area contributed by atoms with Gasteiger partial charge in [0.25, 0.3) is 0 Å². The van der Waals surface area contributed by atoms with E-state index in [1.54, 1.807) is 20.0 Å². The lowest BCUT2D eigenvalue weighted by Crippen LogP contribution is -2.06. The third kappa shape index (κ3) is 2.07. The number of hydrogen-bond acceptors (Lipinski definition) is 3. The minimum atomic E-state index is -3.20. The Hall–Kier alpha value is -0.610. The Morgan fingerprint density at radius 1 is 1.43 bits per heavy atom. The Labute approximate surface area is 89.0 Å². The molecule has 0 radical (unpaired) electrons. The predicted octanol–water partition coefficient (Wildman–Crippen LogP) is 1.84. The molecule has 5 heteroatoms. The van der Waals surface area contributed by atoms with Crippen molar-refractivity contribution in [1.82, 2.24) is 4.98 Å². The van der Waals surface area contributed by atoms with Crippen LogP contribution < -0.4 is 0 Å². The molecular formula is C9H12ClNO2S. The highest BCUT2D eigenvalue weighted by atomic mass is 35.5. The van der Waals surface area contributed by atoms with Crippen LogP contribution in [-0.4, -0.2) is 19.7 Å². The fourth-order valence-corrected chi connectivity index (χ4v) is 3.04. The maximum Gasteiger partial charge on any atom is 0.176 e. The van der Waals surface area contributed by atoms with Crippen molar-refractivity contribution < 1.29 is 8.42 Å². The molecule has 0 aliphatic heterocycles. The molecule has 1 aromatic heterocycles. The van der Waals surface area contributed by atoms with Gasteiger partial charge in [0.1, 0.15) is 0 Å². The van der Waals surface area contributed by atoms with E-state index in [4.69, 9.17) is 11.6 Å². The summed E-state index contributed by atoms with van der Waals surface area (Å²) in [5.41, 5.74) is 1.94. The van der Waals surface area contributed by atoms with Gasteiger partial charge in [0, 0.05) is 12.5 Å². The molecule has 3 nitrogen and oxygen atoms in total. The number of sulfone groups is 1. The van der Waals surface area contributed by atoms with Gasteiger partial charge in [-0.2, -0.15) is 0 Å². The van der Waals surface area contributed by atoms with Crippen LogP contribution in [0.3, 0.4) is 0 Å². The number of aromatic nitrogens is 1. The lowest BCUT2D eigenvalue weighted by atomic mass is 10.2. The van der Waals surface area contributed by atoms with Gasteiger partial charge in [-0.1, -0.05) is 0 Å². The molecule has 0 aromatic carbocycles. The van der Waals surface area contributed by atoms with Crippen molar-refractivity contribution in [3.05, 3.63) is 23.0 Å². The lowest BCUT2D eigenvalue weighted by molar-refractivity contribution is 0.600. The topological polar surface area (TPSA) is 47.0 Å². The van der Waals surface area contributed by atoms with Crippen molar-refractivity contribution in [3.8, 4) is 0 Å². The first-order chi connectivity index (χ1) is 6.38. The van der Waals surface area contributed by atoms with E-state index >= 15 is 0 Å². The Kier molecular flexibility index (Phi) is 3.17. The Morgan fingerprint density at radius 2 is 2.00 bits per heavy atom. The fraction of sp³-hybridized carbons (Fsp3) is 0.444. The highest BCUT2D eigenvalue weighted by Crippen LogP contribution is 2.22. The van der Waals surface area contributed by atoms with Crippen molar-refractivity contribution >= 4 is 21.4 Å². The molecule has 0 spiro atoms. The van der Waals surface area contributed by atoms with Gasteiger partial charge in [-0.15, -0.1) is 11.6 Å². The van der Waals surface area contributed by atoms with Crippen LogP contribution >= 0.6 is 11.6 Å². The van der Waals surface area contributed by atoms with E-state index in [0.29, 0.717) is 21.7 Å². The summed E-state index contributed by atoms with van der Waals surface area (Å²) in [4.78, 5) is 4.42. The summed E-state index contributed by atoms with van der Waals surface area (Å²) in [6.45, 7) is 3.46. The molecular weight excluding hydrogens is 222 g/mol. The molecule has 1 rings (SSSR count). The highest BCUT2D eigenvalue weighted by Gasteiger charge is 2.16. The molecule has 0 atom stereocenters. The van der Waals surface area contributed by atoms with Crippen LogP contribution in [0.2, 0.25) is 0 Å². The van der Waals surface area contributed by atoms with Crippen LogP contribution in [0.4, 0.5) is 0 Å².